The zero-order valence-corrected chi connectivity index (χ0v) is 12.7. The van der Waals surface area contributed by atoms with E-state index >= 15 is 0 Å². The van der Waals surface area contributed by atoms with E-state index in [-0.39, 0.29) is 11.6 Å². The molecular weight excluding hydrogens is 242 g/mol. The fraction of sp³-hybridized carbons (Fsp3) is 0.933. The van der Waals surface area contributed by atoms with E-state index in [1.165, 1.54) is 12.8 Å². The zero-order valence-electron chi connectivity index (χ0n) is 12.7. The Morgan fingerprint density at radius 1 is 1.21 bits per heavy atom. The number of ether oxygens (including phenoxy) is 2. The molecule has 0 radical (unpaired) electrons. The van der Waals surface area contributed by atoms with Crippen LogP contribution in [0.4, 0.5) is 0 Å². The van der Waals surface area contributed by atoms with Crippen LogP contribution in [0.5, 0.6) is 0 Å². The quantitative estimate of drug-likeness (QED) is 0.596. The Morgan fingerprint density at radius 3 is 2.26 bits per heavy atom. The molecule has 1 saturated carbocycles. The van der Waals surface area contributed by atoms with Crippen LogP contribution < -0.4 is 5.73 Å². The first-order valence-electron chi connectivity index (χ1n) is 7.38. The third-order valence-corrected chi connectivity index (χ3v) is 4.37. The number of methoxy groups -OCH3 is 1. The van der Waals surface area contributed by atoms with Crippen LogP contribution in [0.15, 0.2) is 0 Å². The summed E-state index contributed by atoms with van der Waals surface area (Å²) in [6.07, 6.45) is 7.01. The van der Waals surface area contributed by atoms with E-state index in [1.807, 2.05) is 13.8 Å². The van der Waals surface area contributed by atoms with Gasteiger partial charge in [0.15, 0.2) is 0 Å². The topological polar surface area (TPSA) is 61.5 Å². The van der Waals surface area contributed by atoms with E-state index < -0.39 is 5.41 Å². The Labute approximate surface area is 117 Å². The van der Waals surface area contributed by atoms with Gasteiger partial charge in [0.2, 0.25) is 0 Å². The Bertz CT molecular complexity index is 281. The molecule has 0 aliphatic heterocycles. The van der Waals surface area contributed by atoms with Crippen LogP contribution in [0.2, 0.25) is 0 Å². The molecule has 0 bridgehead atoms. The molecule has 1 rings (SSSR count). The van der Waals surface area contributed by atoms with Gasteiger partial charge in [-0.3, -0.25) is 4.79 Å². The van der Waals surface area contributed by atoms with Gasteiger partial charge in [0.05, 0.1) is 17.6 Å². The standard InChI is InChI=1S/C15H29NO3/c1-14(2,18-3)10-11-19-13(17)15(12-16)8-6-4-5-7-9-15/h4-12,16H2,1-3H3. The van der Waals surface area contributed by atoms with Gasteiger partial charge in [0, 0.05) is 20.1 Å². The molecule has 0 aromatic rings. The third kappa shape index (κ3) is 4.77. The average Bonchev–Trinajstić information content (AvgIpc) is 2.64. The van der Waals surface area contributed by atoms with Crippen LogP contribution in [0.1, 0.15) is 58.8 Å². The van der Waals surface area contributed by atoms with Crippen LogP contribution in [0.3, 0.4) is 0 Å². The maximum absolute atomic E-state index is 12.3. The normalized spacial score (nSPS) is 19.8. The number of esters is 1. The van der Waals surface area contributed by atoms with E-state index in [4.69, 9.17) is 15.2 Å². The van der Waals surface area contributed by atoms with Crippen molar-refractivity contribution in [2.45, 2.75) is 64.4 Å². The fourth-order valence-corrected chi connectivity index (χ4v) is 2.54. The van der Waals surface area contributed by atoms with Gasteiger partial charge in [-0.05, 0) is 26.7 Å². The fourth-order valence-electron chi connectivity index (χ4n) is 2.54. The predicted octanol–water partition coefficient (Wildman–Crippen LogP) is 2.64. The summed E-state index contributed by atoms with van der Waals surface area (Å²) < 4.78 is 10.8. The molecule has 1 aliphatic carbocycles. The summed E-state index contributed by atoms with van der Waals surface area (Å²) in [6, 6.07) is 0. The summed E-state index contributed by atoms with van der Waals surface area (Å²) in [7, 11) is 1.68. The summed E-state index contributed by atoms with van der Waals surface area (Å²) in [5.74, 6) is -0.108. The molecule has 112 valence electrons. The van der Waals surface area contributed by atoms with Gasteiger partial charge in [0.25, 0.3) is 0 Å². The van der Waals surface area contributed by atoms with Crippen molar-refractivity contribution >= 4 is 5.97 Å². The molecule has 0 aromatic carbocycles. The molecule has 19 heavy (non-hydrogen) atoms. The predicted molar refractivity (Wildman–Crippen MR) is 75.9 cm³/mol. The lowest BCUT2D eigenvalue weighted by molar-refractivity contribution is -0.157. The highest BCUT2D eigenvalue weighted by Gasteiger charge is 2.38. The van der Waals surface area contributed by atoms with E-state index in [0.717, 1.165) is 25.7 Å². The van der Waals surface area contributed by atoms with Crippen molar-refractivity contribution in [3.63, 3.8) is 0 Å². The minimum Gasteiger partial charge on any atom is -0.465 e. The second-order valence-electron chi connectivity index (χ2n) is 6.25. The summed E-state index contributed by atoms with van der Waals surface area (Å²) in [5.41, 5.74) is 5.18. The van der Waals surface area contributed by atoms with Crippen LogP contribution in [-0.4, -0.2) is 31.8 Å². The summed E-state index contributed by atoms with van der Waals surface area (Å²) in [4.78, 5) is 12.3. The maximum Gasteiger partial charge on any atom is 0.313 e. The molecule has 1 fully saturated rings. The van der Waals surface area contributed by atoms with Crippen molar-refractivity contribution in [2.24, 2.45) is 11.1 Å². The van der Waals surface area contributed by atoms with Crippen molar-refractivity contribution in [2.75, 3.05) is 20.3 Å². The first-order valence-corrected chi connectivity index (χ1v) is 7.38. The molecule has 0 aromatic heterocycles. The van der Waals surface area contributed by atoms with Gasteiger partial charge in [-0.15, -0.1) is 0 Å². The first kappa shape index (κ1) is 16.4. The van der Waals surface area contributed by atoms with Crippen LogP contribution in [0, 0.1) is 5.41 Å². The minimum absolute atomic E-state index is 0.108. The molecule has 0 heterocycles. The molecule has 2 N–H and O–H groups in total. The van der Waals surface area contributed by atoms with E-state index in [9.17, 15) is 4.79 Å². The highest BCUT2D eigenvalue weighted by atomic mass is 16.5. The maximum atomic E-state index is 12.3. The van der Waals surface area contributed by atoms with Crippen molar-refractivity contribution in [3.8, 4) is 0 Å². The molecule has 0 amide bonds. The molecule has 1 aliphatic rings. The monoisotopic (exact) mass is 271 g/mol. The first-order chi connectivity index (χ1) is 8.96. The largest absolute Gasteiger partial charge is 0.465 e. The summed E-state index contributed by atoms with van der Waals surface area (Å²) in [6.45, 7) is 4.79. The minimum atomic E-state index is -0.437. The molecule has 0 spiro atoms. The summed E-state index contributed by atoms with van der Waals surface area (Å²) >= 11 is 0. The number of hydrogen-bond donors (Lipinski definition) is 1. The molecular formula is C15H29NO3. The second-order valence-corrected chi connectivity index (χ2v) is 6.25. The number of carbonyl (C=O) groups is 1. The van der Waals surface area contributed by atoms with Crippen molar-refractivity contribution in [1.82, 2.24) is 0 Å². The lowest BCUT2D eigenvalue weighted by Crippen LogP contribution is -2.40. The van der Waals surface area contributed by atoms with E-state index in [1.54, 1.807) is 7.11 Å². The van der Waals surface area contributed by atoms with Gasteiger partial charge in [0.1, 0.15) is 0 Å². The Morgan fingerprint density at radius 2 is 1.79 bits per heavy atom. The number of nitrogens with two attached hydrogens (primary N) is 1. The van der Waals surface area contributed by atoms with Crippen LogP contribution in [0.25, 0.3) is 0 Å². The second kappa shape index (κ2) is 7.25. The molecule has 0 saturated heterocycles. The van der Waals surface area contributed by atoms with Gasteiger partial charge < -0.3 is 15.2 Å². The molecule has 0 atom stereocenters. The number of hydrogen-bond acceptors (Lipinski definition) is 4. The third-order valence-electron chi connectivity index (χ3n) is 4.37. The van der Waals surface area contributed by atoms with Gasteiger partial charge in [-0.25, -0.2) is 0 Å². The Kier molecular flexibility index (Phi) is 6.27. The Hall–Kier alpha value is -0.610. The molecule has 0 unspecified atom stereocenters. The Balaban J connectivity index is 2.49. The van der Waals surface area contributed by atoms with Crippen molar-refractivity contribution in [3.05, 3.63) is 0 Å². The number of carbonyl (C=O) groups excluding carboxylic acids is 1. The van der Waals surface area contributed by atoms with Crippen LogP contribution >= 0.6 is 0 Å². The molecule has 4 nitrogen and oxygen atoms in total. The van der Waals surface area contributed by atoms with Gasteiger partial charge in [-0.1, -0.05) is 25.7 Å². The van der Waals surface area contributed by atoms with E-state index in [2.05, 4.69) is 0 Å². The van der Waals surface area contributed by atoms with Crippen LogP contribution in [-0.2, 0) is 14.3 Å². The highest BCUT2D eigenvalue weighted by molar-refractivity contribution is 5.77. The highest BCUT2D eigenvalue weighted by Crippen LogP contribution is 2.35. The van der Waals surface area contributed by atoms with Gasteiger partial charge in [-0.2, -0.15) is 0 Å². The van der Waals surface area contributed by atoms with Gasteiger partial charge >= 0.3 is 5.97 Å². The lowest BCUT2D eigenvalue weighted by atomic mass is 9.80. The SMILES string of the molecule is COC(C)(C)CCOC(=O)C1(CN)CCCCCC1. The van der Waals surface area contributed by atoms with Crippen molar-refractivity contribution in [1.29, 1.82) is 0 Å². The van der Waals surface area contributed by atoms with Crippen molar-refractivity contribution < 1.29 is 14.3 Å². The molecule has 4 heteroatoms. The lowest BCUT2D eigenvalue weighted by Gasteiger charge is -2.29. The number of rotatable bonds is 6. The smallest absolute Gasteiger partial charge is 0.313 e. The zero-order chi connectivity index (χ0) is 14.4. The average molecular weight is 271 g/mol. The van der Waals surface area contributed by atoms with E-state index in [0.29, 0.717) is 19.6 Å². The summed E-state index contributed by atoms with van der Waals surface area (Å²) in [5, 5.41) is 0.